The van der Waals surface area contributed by atoms with Crippen molar-refractivity contribution in [3.05, 3.63) is 23.8 Å². The zero-order chi connectivity index (χ0) is 15.7. The average molecular weight is 340 g/mol. The lowest BCUT2D eigenvalue weighted by atomic mass is 9.92. The maximum Gasteiger partial charge on any atom is 0.262 e. The number of nitrogens with zero attached hydrogens (tertiary/aromatic N) is 1. The molecule has 0 aromatic heterocycles. The van der Waals surface area contributed by atoms with E-state index in [1.54, 1.807) is 18.2 Å². The zero-order valence-electron chi connectivity index (χ0n) is 13.1. The van der Waals surface area contributed by atoms with Crippen molar-refractivity contribution < 1.29 is 14.3 Å². The van der Waals surface area contributed by atoms with Crippen LogP contribution in [0.25, 0.3) is 0 Å². The number of nitrogens with one attached hydrogen (secondary N) is 1. The Morgan fingerprint density at radius 3 is 3.00 bits per heavy atom. The normalized spacial score (nSPS) is 23.2. The Bertz CT molecular complexity index is 608. The molecule has 2 aliphatic heterocycles. The minimum absolute atomic E-state index is 0. The molecule has 1 aromatic carbocycles. The van der Waals surface area contributed by atoms with Gasteiger partial charge in [-0.15, -0.1) is 12.4 Å². The van der Waals surface area contributed by atoms with Crippen LogP contribution >= 0.6 is 12.4 Å². The number of fused-ring (bicyclic) bond motifs is 1. The lowest BCUT2D eigenvalue weighted by Crippen LogP contribution is -2.49. The second-order valence-electron chi connectivity index (χ2n) is 6.07. The molecule has 2 amide bonds. The molecular weight excluding hydrogens is 318 g/mol. The second kappa shape index (κ2) is 7.19. The molecule has 1 fully saturated rings. The van der Waals surface area contributed by atoms with Crippen molar-refractivity contribution >= 4 is 29.9 Å². The molecule has 2 atom stereocenters. The number of carbonyl (C=O) groups is 2. The van der Waals surface area contributed by atoms with E-state index in [0.717, 1.165) is 19.4 Å². The summed E-state index contributed by atoms with van der Waals surface area (Å²) in [5, 5.41) is 2.73. The summed E-state index contributed by atoms with van der Waals surface area (Å²) in [6, 6.07) is 5.23. The van der Waals surface area contributed by atoms with Gasteiger partial charge in [0.25, 0.3) is 11.8 Å². The van der Waals surface area contributed by atoms with Crippen LogP contribution in [0.2, 0.25) is 0 Å². The third kappa shape index (κ3) is 3.59. The number of likely N-dealkylation sites (tertiary alicyclic amines) is 1. The number of hydrogen-bond donors (Lipinski definition) is 2. The minimum atomic E-state index is -0.205. The Kier molecular flexibility index (Phi) is 5.49. The summed E-state index contributed by atoms with van der Waals surface area (Å²) >= 11 is 0. The number of benzene rings is 1. The molecule has 2 heterocycles. The molecule has 6 nitrogen and oxygen atoms in total. The molecule has 3 N–H and O–H groups in total. The van der Waals surface area contributed by atoms with Gasteiger partial charge in [0.1, 0.15) is 5.75 Å². The van der Waals surface area contributed by atoms with Crippen molar-refractivity contribution in [3.63, 3.8) is 0 Å². The van der Waals surface area contributed by atoms with E-state index in [1.165, 1.54) is 0 Å². The van der Waals surface area contributed by atoms with Crippen LogP contribution in [0.4, 0.5) is 5.69 Å². The van der Waals surface area contributed by atoms with E-state index < -0.39 is 0 Å². The van der Waals surface area contributed by atoms with Gasteiger partial charge in [-0.1, -0.05) is 6.92 Å². The first kappa shape index (κ1) is 17.6. The SMILES string of the molecule is CC1CCN(C(=O)c2ccc3c(c2)NC(=O)CO3)C(CN)C1.Cl. The summed E-state index contributed by atoms with van der Waals surface area (Å²) in [6.45, 7) is 3.40. The Labute approximate surface area is 141 Å². The van der Waals surface area contributed by atoms with Crippen molar-refractivity contribution in [2.75, 3.05) is 25.0 Å². The van der Waals surface area contributed by atoms with Gasteiger partial charge in [-0.2, -0.15) is 0 Å². The zero-order valence-corrected chi connectivity index (χ0v) is 13.9. The van der Waals surface area contributed by atoms with Gasteiger partial charge in [0.2, 0.25) is 0 Å². The van der Waals surface area contributed by atoms with Gasteiger partial charge < -0.3 is 20.7 Å². The molecule has 0 spiro atoms. The van der Waals surface area contributed by atoms with Crippen LogP contribution in [0, 0.1) is 5.92 Å². The summed E-state index contributed by atoms with van der Waals surface area (Å²) in [5.74, 6) is 0.946. The summed E-state index contributed by atoms with van der Waals surface area (Å²) in [4.78, 5) is 26.0. The maximum atomic E-state index is 12.8. The Hall–Kier alpha value is -1.79. The van der Waals surface area contributed by atoms with E-state index in [0.29, 0.717) is 29.5 Å². The minimum Gasteiger partial charge on any atom is -0.482 e. The molecule has 23 heavy (non-hydrogen) atoms. The van der Waals surface area contributed by atoms with Crippen LogP contribution < -0.4 is 15.8 Å². The molecule has 0 radical (unpaired) electrons. The summed E-state index contributed by atoms with van der Waals surface area (Å²) in [5.41, 5.74) is 6.94. The van der Waals surface area contributed by atoms with Gasteiger partial charge in [0, 0.05) is 24.7 Å². The van der Waals surface area contributed by atoms with Crippen molar-refractivity contribution in [1.29, 1.82) is 0 Å². The van der Waals surface area contributed by atoms with Crippen molar-refractivity contribution in [2.45, 2.75) is 25.8 Å². The number of anilines is 1. The van der Waals surface area contributed by atoms with Crippen LogP contribution in [0.3, 0.4) is 0 Å². The van der Waals surface area contributed by atoms with Crippen LogP contribution in [-0.4, -0.2) is 42.5 Å². The number of ether oxygens (including phenoxy) is 1. The Morgan fingerprint density at radius 2 is 2.26 bits per heavy atom. The first-order chi connectivity index (χ1) is 10.6. The first-order valence-corrected chi connectivity index (χ1v) is 7.66. The monoisotopic (exact) mass is 339 g/mol. The molecule has 7 heteroatoms. The van der Waals surface area contributed by atoms with Crippen LogP contribution in [0.5, 0.6) is 5.75 Å². The largest absolute Gasteiger partial charge is 0.482 e. The number of piperidine rings is 1. The molecule has 0 saturated carbocycles. The fourth-order valence-corrected chi connectivity index (χ4v) is 3.12. The highest BCUT2D eigenvalue weighted by Gasteiger charge is 2.30. The number of rotatable bonds is 2. The molecule has 0 bridgehead atoms. The lowest BCUT2D eigenvalue weighted by Gasteiger charge is -2.38. The summed E-state index contributed by atoms with van der Waals surface area (Å²) in [6.07, 6.45) is 1.93. The predicted molar refractivity (Wildman–Crippen MR) is 90.1 cm³/mol. The van der Waals surface area contributed by atoms with Crippen molar-refractivity contribution in [1.82, 2.24) is 4.90 Å². The van der Waals surface area contributed by atoms with E-state index in [1.807, 2.05) is 4.90 Å². The van der Waals surface area contributed by atoms with Crippen LogP contribution in [0.15, 0.2) is 18.2 Å². The highest BCUT2D eigenvalue weighted by atomic mass is 35.5. The number of amides is 2. The number of carbonyl (C=O) groups excluding carboxylic acids is 2. The van der Waals surface area contributed by atoms with Crippen molar-refractivity contribution in [3.8, 4) is 5.75 Å². The van der Waals surface area contributed by atoms with Gasteiger partial charge in [-0.3, -0.25) is 9.59 Å². The van der Waals surface area contributed by atoms with Gasteiger partial charge in [0.15, 0.2) is 6.61 Å². The highest BCUT2D eigenvalue weighted by molar-refractivity contribution is 6.00. The fraction of sp³-hybridized carbons (Fsp3) is 0.500. The molecule has 2 aliphatic rings. The molecule has 0 aliphatic carbocycles. The van der Waals surface area contributed by atoms with Gasteiger partial charge in [-0.25, -0.2) is 0 Å². The van der Waals surface area contributed by atoms with E-state index in [-0.39, 0.29) is 36.9 Å². The number of hydrogen-bond acceptors (Lipinski definition) is 4. The van der Waals surface area contributed by atoms with E-state index >= 15 is 0 Å². The molecule has 3 rings (SSSR count). The van der Waals surface area contributed by atoms with Gasteiger partial charge in [-0.05, 0) is 37.0 Å². The molecule has 126 valence electrons. The van der Waals surface area contributed by atoms with Gasteiger partial charge >= 0.3 is 0 Å². The predicted octanol–water partition coefficient (Wildman–Crippen LogP) is 1.64. The van der Waals surface area contributed by atoms with E-state index in [4.69, 9.17) is 10.5 Å². The first-order valence-electron chi connectivity index (χ1n) is 7.66. The molecular formula is C16H22ClN3O3. The number of halogens is 1. The fourth-order valence-electron chi connectivity index (χ4n) is 3.12. The Balaban J connectivity index is 0.00000192. The summed E-state index contributed by atoms with van der Waals surface area (Å²) in [7, 11) is 0. The average Bonchev–Trinajstić information content (AvgIpc) is 2.53. The van der Waals surface area contributed by atoms with E-state index in [2.05, 4.69) is 12.2 Å². The maximum absolute atomic E-state index is 12.8. The van der Waals surface area contributed by atoms with Crippen LogP contribution in [0.1, 0.15) is 30.1 Å². The smallest absolute Gasteiger partial charge is 0.262 e. The third-order valence-corrected chi connectivity index (χ3v) is 4.37. The Morgan fingerprint density at radius 1 is 1.48 bits per heavy atom. The quantitative estimate of drug-likeness (QED) is 0.857. The van der Waals surface area contributed by atoms with Crippen LogP contribution in [-0.2, 0) is 4.79 Å². The summed E-state index contributed by atoms with van der Waals surface area (Å²) < 4.78 is 5.32. The van der Waals surface area contributed by atoms with Crippen molar-refractivity contribution in [2.24, 2.45) is 11.7 Å². The number of nitrogens with two attached hydrogens (primary N) is 1. The topological polar surface area (TPSA) is 84.7 Å². The van der Waals surface area contributed by atoms with E-state index in [9.17, 15) is 9.59 Å². The molecule has 1 saturated heterocycles. The standard InChI is InChI=1S/C16H21N3O3.ClH/c1-10-4-5-19(12(6-10)8-17)16(21)11-2-3-14-13(7-11)18-15(20)9-22-14;/h2-3,7,10,12H,4-6,8-9,17H2,1H3,(H,18,20);1H. The lowest BCUT2D eigenvalue weighted by molar-refractivity contribution is -0.118. The highest BCUT2D eigenvalue weighted by Crippen LogP contribution is 2.30. The second-order valence-corrected chi connectivity index (χ2v) is 6.07. The third-order valence-electron chi connectivity index (χ3n) is 4.37. The molecule has 2 unspecified atom stereocenters. The molecule has 1 aromatic rings. The van der Waals surface area contributed by atoms with Gasteiger partial charge in [0.05, 0.1) is 5.69 Å².